The average Bonchev–Trinajstić information content (AvgIpc) is 2.72. The zero-order chi connectivity index (χ0) is 12.3. The van der Waals surface area contributed by atoms with Gasteiger partial charge in [0.15, 0.2) is 0 Å². The number of aromatic nitrogens is 1. The molecule has 0 amide bonds. The summed E-state index contributed by atoms with van der Waals surface area (Å²) in [5.41, 5.74) is 0.554. The van der Waals surface area contributed by atoms with E-state index in [2.05, 4.69) is 9.88 Å². The second-order valence-corrected chi connectivity index (χ2v) is 4.79. The Labute approximate surface area is 100 Å². The Kier molecular flexibility index (Phi) is 3.49. The van der Waals surface area contributed by atoms with Gasteiger partial charge in [-0.2, -0.15) is 0 Å². The molecule has 1 aromatic rings. The van der Waals surface area contributed by atoms with E-state index in [0.717, 1.165) is 13.0 Å². The number of carbonyl (C=O) groups is 1. The fourth-order valence-corrected chi connectivity index (χ4v) is 2.06. The van der Waals surface area contributed by atoms with E-state index in [4.69, 9.17) is 4.74 Å². The number of nitrogens with one attached hydrogen (secondary N) is 1. The second kappa shape index (κ2) is 4.89. The minimum Gasteiger partial charge on any atom is -0.481 e. The molecule has 5 heteroatoms. The molecule has 1 aliphatic rings. The van der Waals surface area contributed by atoms with Crippen LogP contribution in [0.4, 0.5) is 0 Å². The number of aliphatic carboxylic acids is 1. The van der Waals surface area contributed by atoms with E-state index in [1.165, 1.54) is 5.56 Å². The lowest BCUT2D eigenvalue weighted by molar-refractivity contribution is -0.182. The third-order valence-electron chi connectivity index (χ3n) is 3.23. The fourth-order valence-electron chi connectivity index (χ4n) is 2.06. The molecule has 94 valence electrons. The SMILES string of the molecule is CN(CCc1cc[nH]c1)CC1(C(=O)O)COC1. The van der Waals surface area contributed by atoms with Crippen LogP contribution in [-0.4, -0.2) is 54.3 Å². The first-order valence-electron chi connectivity index (χ1n) is 5.74. The van der Waals surface area contributed by atoms with Gasteiger partial charge >= 0.3 is 5.97 Å². The molecule has 2 heterocycles. The Morgan fingerprint density at radius 1 is 1.65 bits per heavy atom. The number of aromatic amines is 1. The van der Waals surface area contributed by atoms with Crippen LogP contribution in [0.2, 0.25) is 0 Å². The van der Waals surface area contributed by atoms with Crippen LogP contribution in [0.15, 0.2) is 18.5 Å². The molecule has 0 spiro atoms. The Balaban J connectivity index is 1.80. The zero-order valence-electron chi connectivity index (χ0n) is 9.98. The molecule has 2 N–H and O–H groups in total. The molecule has 0 radical (unpaired) electrons. The standard InChI is InChI=1S/C12H18N2O3/c1-14(5-3-10-2-4-13-6-10)7-12(11(15)16)8-17-9-12/h2,4,6,13H,3,5,7-9H2,1H3,(H,15,16). The normalized spacial score (nSPS) is 18.0. The van der Waals surface area contributed by atoms with Gasteiger partial charge in [-0.3, -0.25) is 4.79 Å². The molecule has 0 aliphatic carbocycles. The van der Waals surface area contributed by atoms with Crippen LogP contribution in [-0.2, 0) is 16.0 Å². The maximum absolute atomic E-state index is 11.2. The van der Waals surface area contributed by atoms with Crippen LogP contribution < -0.4 is 0 Å². The van der Waals surface area contributed by atoms with Crippen LogP contribution in [0.25, 0.3) is 0 Å². The molecule has 1 saturated heterocycles. The molecule has 5 nitrogen and oxygen atoms in total. The van der Waals surface area contributed by atoms with Crippen molar-refractivity contribution >= 4 is 5.97 Å². The molecule has 0 aromatic carbocycles. The van der Waals surface area contributed by atoms with Crippen LogP contribution in [0.1, 0.15) is 5.56 Å². The molecule has 1 aromatic heterocycles. The van der Waals surface area contributed by atoms with Gasteiger partial charge in [0.1, 0.15) is 5.41 Å². The summed E-state index contributed by atoms with van der Waals surface area (Å²) in [5, 5.41) is 9.17. The number of carboxylic acid groups (broad SMARTS) is 1. The van der Waals surface area contributed by atoms with Crippen LogP contribution in [0.3, 0.4) is 0 Å². The number of carboxylic acids is 1. The maximum Gasteiger partial charge on any atom is 0.315 e. The minimum absolute atomic E-state index is 0.330. The molecular formula is C12H18N2O3. The topological polar surface area (TPSA) is 65.6 Å². The summed E-state index contributed by atoms with van der Waals surface area (Å²) in [5.74, 6) is -0.753. The number of rotatable bonds is 6. The van der Waals surface area contributed by atoms with Gasteiger partial charge < -0.3 is 19.7 Å². The lowest BCUT2D eigenvalue weighted by Crippen LogP contribution is -2.55. The van der Waals surface area contributed by atoms with E-state index in [9.17, 15) is 9.90 Å². The van der Waals surface area contributed by atoms with Crippen molar-refractivity contribution in [1.82, 2.24) is 9.88 Å². The Hall–Kier alpha value is -1.33. The van der Waals surface area contributed by atoms with Gasteiger partial charge in [-0.1, -0.05) is 0 Å². The molecule has 0 bridgehead atoms. The van der Waals surface area contributed by atoms with Gasteiger partial charge in [0.25, 0.3) is 0 Å². The van der Waals surface area contributed by atoms with Crippen LogP contribution >= 0.6 is 0 Å². The highest BCUT2D eigenvalue weighted by Crippen LogP contribution is 2.28. The first kappa shape index (κ1) is 12.1. The van der Waals surface area contributed by atoms with Crippen molar-refractivity contribution in [3.8, 4) is 0 Å². The van der Waals surface area contributed by atoms with Gasteiger partial charge in [-0.05, 0) is 25.1 Å². The molecule has 17 heavy (non-hydrogen) atoms. The molecule has 1 aliphatic heterocycles. The first-order chi connectivity index (χ1) is 8.12. The highest BCUT2D eigenvalue weighted by molar-refractivity contribution is 5.76. The van der Waals surface area contributed by atoms with E-state index in [1.807, 2.05) is 25.5 Å². The molecule has 2 rings (SSSR count). The first-order valence-corrected chi connectivity index (χ1v) is 5.74. The Bertz CT molecular complexity index is 371. The monoisotopic (exact) mass is 238 g/mol. The number of likely N-dealkylation sites (N-methyl/N-ethyl adjacent to an activating group) is 1. The quantitative estimate of drug-likeness (QED) is 0.761. The Morgan fingerprint density at radius 2 is 2.41 bits per heavy atom. The molecule has 0 saturated carbocycles. The summed E-state index contributed by atoms with van der Waals surface area (Å²) in [7, 11) is 1.95. The predicted octanol–water partition coefficient (Wildman–Crippen LogP) is 0.590. The summed E-state index contributed by atoms with van der Waals surface area (Å²) in [6.45, 7) is 2.06. The number of hydrogen-bond donors (Lipinski definition) is 2. The highest BCUT2D eigenvalue weighted by atomic mass is 16.5. The van der Waals surface area contributed by atoms with Gasteiger partial charge in [-0.25, -0.2) is 0 Å². The summed E-state index contributed by atoms with van der Waals surface area (Å²) in [6.07, 6.45) is 4.79. The van der Waals surface area contributed by atoms with Crippen molar-refractivity contribution in [2.24, 2.45) is 5.41 Å². The van der Waals surface area contributed by atoms with Crippen molar-refractivity contribution in [1.29, 1.82) is 0 Å². The van der Waals surface area contributed by atoms with Gasteiger partial charge in [0, 0.05) is 25.5 Å². The lowest BCUT2D eigenvalue weighted by atomic mass is 9.85. The molecular weight excluding hydrogens is 220 g/mol. The van der Waals surface area contributed by atoms with Gasteiger partial charge in [0.05, 0.1) is 13.2 Å². The van der Waals surface area contributed by atoms with Crippen molar-refractivity contribution in [2.45, 2.75) is 6.42 Å². The minimum atomic E-state index is -0.753. The number of H-pyrrole nitrogens is 1. The van der Waals surface area contributed by atoms with Crippen molar-refractivity contribution in [3.63, 3.8) is 0 Å². The largest absolute Gasteiger partial charge is 0.481 e. The average molecular weight is 238 g/mol. The van der Waals surface area contributed by atoms with Gasteiger partial charge in [-0.15, -0.1) is 0 Å². The maximum atomic E-state index is 11.2. The highest BCUT2D eigenvalue weighted by Gasteiger charge is 2.46. The summed E-state index contributed by atoms with van der Waals surface area (Å²) >= 11 is 0. The number of nitrogens with zero attached hydrogens (tertiary/aromatic N) is 1. The van der Waals surface area contributed by atoms with Gasteiger partial charge in [0.2, 0.25) is 0 Å². The zero-order valence-corrected chi connectivity index (χ0v) is 9.98. The number of hydrogen-bond acceptors (Lipinski definition) is 3. The van der Waals surface area contributed by atoms with E-state index < -0.39 is 11.4 Å². The summed E-state index contributed by atoms with van der Waals surface area (Å²) in [4.78, 5) is 16.2. The predicted molar refractivity (Wildman–Crippen MR) is 62.9 cm³/mol. The van der Waals surface area contributed by atoms with E-state index >= 15 is 0 Å². The van der Waals surface area contributed by atoms with E-state index in [1.54, 1.807) is 0 Å². The summed E-state index contributed by atoms with van der Waals surface area (Å²) in [6, 6.07) is 2.03. The number of ether oxygens (including phenoxy) is 1. The van der Waals surface area contributed by atoms with Crippen LogP contribution in [0.5, 0.6) is 0 Å². The molecule has 0 unspecified atom stereocenters. The van der Waals surface area contributed by atoms with Crippen molar-refractivity contribution in [3.05, 3.63) is 24.0 Å². The lowest BCUT2D eigenvalue weighted by Gasteiger charge is -2.40. The fraction of sp³-hybridized carbons (Fsp3) is 0.583. The smallest absolute Gasteiger partial charge is 0.315 e. The molecule has 0 atom stereocenters. The second-order valence-electron chi connectivity index (χ2n) is 4.79. The van der Waals surface area contributed by atoms with Crippen molar-refractivity contribution < 1.29 is 14.6 Å². The molecule has 1 fully saturated rings. The Morgan fingerprint density at radius 3 is 2.88 bits per heavy atom. The van der Waals surface area contributed by atoms with E-state index in [-0.39, 0.29) is 0 Å². The third-order valence-corrected chi connectivity index (χ3v) is 3.23. The third kappa shape index (κ3) is 2.68. The van der Waals surface area contributed by atoms with Crippen molar-refractivity contribution in [2.75, 3.05) is 33.4 Å². The summed E-state index contributed by atoms with van der Waals surface area (Å²) < 4.78 is 5.04. The van der Waals surface area contributed by atoms with Crippen LogP contribution in [0, 0.1) is 5.41 Å². The van der Waals surface area contributed by atoms with E-state index in [0.29, 0.717) is 19.8 Å².